The lowest BCUT2D eigenvalue weighted by Gasteiger charge is -2.26. The average Bonchev–Trinajstić information content (AvgIpc) is 3.20. The summed E-state index contributed by atoms with van der Waals surface area (Å²) in [7, 11) is 1.59. The van der Waals surface area contributed by atoms with Crippen LogP contribution >= 0.6 is 23.1 Å². The van der Waals surface area contributed by atoms with Crippen LogP contribution in [-0.4, -0.2) is 34.3 Å². The van der Waals surface area contributed by atoms with Crippen molar-refractivity contribution >= 4 is 34.0 Å². The smallest absolute Gasteiger partial charge is 0.202 e. The molecule has 6 nitrogen and oxygen atoms in total. The summed E-state index contributed by atoms with van der Waals surface area (Å²) in [4.78, 5) is 17.4. The van der Waals surface area contributed by atoms with Crippen molar-refractivity contribution in [3.63, 3.8) is 0 Å². The molecule has 0 amide bonds. The second-order valence-corrected chi connectivity index (χ2v) is 7.93. The number of Topliss-reactive ketones (excluding diaryl/α,β-unsaturated/α-hetero) is 1. The number of ether oxygens (including phenoxy) is 1. The third kappa shape index (κ3) is 5.32. The number of benzene rings is 2. The highest BCUT2D eigenvalue weighted by molar-refractivity contribution is 7.09. The maximum absolute atomic E-state index is 12.9. The van der Waals surface area contributed by atoms with E-state index in [1.54, 1.807) is 31.4 Å². The number of hydrogen-bond acceptors (Lipinski definition) is 7. The maximum Gasteiger partial charge on any atom is 0.202 e. The van der Waals surface area contributed by atoms with Gasteiger partial charge in [-0.05, 0) is 48.4 Å². The lowest BCUT2D eigenvalue weighted by Crippen LogP contribution is -2.52. The van der Waals surface area contributed by atoms with Crippen LogP contribution in [0, 0.1) is 0 Å². The molecule has 0 aliphatic heterocycles. The van der Waals surface area contributed by atoms with E-state index in [9.17, 15) is 4.79 Å². The fourth-order valence-electron chi connectivity index (χ4n) is 2.81. The molecule has 152 valence electrons. The zero-order chi connectivity index (χ0) is 20.9. The third-order valence-electron chi connectivity index (χ3n) is 4.73. The van der Waals surface area contributed by atoms with E-state index >= 15 is 0 Å². The second kappa shape index (κ2) is 9.35. The molecule has 0 saturated heterocycles. The summed E-state index contributed by atoms with van der Waals surface area (Å²) < 4.78 is 9.52. The fraction of sp³-hybridized carbons (Fsp3) is 0.286. The van der Waals surface area contributed by atoms with Crippen molar-refractivity contribution in [3.05, 3.63) is 70.5 Å². The van der Waals surface area contributed by atoms with Crippen molar-refractivity contribution in [2.45, 2.75) is 25.3 Å². The van der Waals surface area contributed by atoms with Crippen molar-refractivity contribution in [1.29, 1.82) is 0 Å². The van der Waals surface area contributed by atoms with E-state index in [0.717, 1.165) is 5.56 Å². The Hall–Kier alpha value is -2.48. The van der Waals surface area contributed by atoms with Gasteiger partial charge in [-0.15, -0.1) is 0 Å². The van der Waals surface area contributed by atoms with Crippen molar-refractivity contribution in [3.8, 4) is 5.75 Å². The summed E-state index contributed by atoms with van der Waals surface area (Å²) in [6.45, 7) is 2.17. The number of rotatable bonds is 9. The molecule has 3 aromatic rings. The van der Waals surface area contributed by atoms with E-state index in [4.69, 9.17) is 22.1 Å². The van der Waals surface area contributed by atoms with E-state index in [1.807, 2.05) is 31.2 Å². The molecule has 0 spiro atoms. The molecular weight excluding hydrogens is 408 g/mol. The first-order valence-corrected chi connectivity index (χ1v) is 10.4. The summed E-state index contributed by atoms with van der Waals surface area (Å²) >= 11 is 7.17. The van der Waals surface area contributed by atoms with Crippen LogP contribution in [0.25, 0.3) is 0 Å². The van der Waals surface area contributed by atoms with Crippen molar-refractivity contribution < 1.29 is 9.53 Å². The highest BCUT2D eigenvalue weighted by atomic mass is 35.5. The lowest BCUT2D eigenvalue weighted by molar-refractivity contribution is 0.0893. The summed E-state index contributed by atoms with van der Waals surface area (Å²) in [6.07, 6.45) is 1.10. The van der Waals surface area contributed by atoms with Gasteiger partial charge in [-0.1, -0.05) is 30.7 Å². The third-order valence-corrected chi connectivity index (χ3v) is 5.70. The minimum atomic E-state index is -1.05. The molecular formula is C21H23ClN4O2S. The van der Waals surface area contributed by atoms with E-state index < -0.39 is 5.54 Å². The molecule has 0 saturated carbocycles. The average molecular weight is 431 g/mol. The molecule has 29 heavy (non-hydrogen) atoms. The number of ketones is 1. The van der Waals surface area contributed by atoms with Gasteiger partial charge in [0, 0.05) is 35.1 Å². The van der Waals surface area contributed by atoms with E-state index in [0.29, 0.717) is 40.1 Å². The standard InChI is InChI=1S/C21H23ClN4O2S/c1-3-21(23,19(27)15-6-10-17(28-2)11-7-15)13-24-20-25-18(26-29-20)12-14-4-8-16(22)9-5-14/h4-11H,3,12-13,23H2,1-2H3,(H,24,25,26). The van der Waals surface area contributed by atoms with Crippen LogP contribution in [0.4, 0.5) is 5.13 Å². The molecule has 1 atom stereocenters. The largest absolute Gasteiger partial charge is 0.497 e. The molecule has 0 aliphatic carbocycles. The van der Waals surface area contributed by atoms with Crippen LogP contribution in [0.5, 0.6) is 5.75 Å². The number of nitrogens with one attached hydrogen (secondary N) is 1. The Morgan fingerprint density at radius 3 is 2.52 bits per heavy atom. The van der Waals surface area contributed by atoms with Gasteiger partial charge in [-0.3, -0.25) is 4.79 Å². The van der Waals surface area contributed by atoms with E-state index in [2.05, 4.69) is 14.7 Å². The van der Waals surface area contributed by atoms with Gasteiger partial charge < -0.3 is 15.8 Å². The molecule has 3 rings (SSSR count). The Bertz CT molecular complexity index is 960. The molecule has 1 aromatic heterocycles. The highest BCUT2D eigenvalue weighted by Crippen LogP contribution is 2.21. The number of aromatic nitrogens is 2. The first-order valence-electron chi connectivity index (χ1n) is 9.22. The summed E-state index contributed by atoms with van der Waals surface area (Å²) in [5, 5.41) is 4.51. The predicted octanol–water partition coefficient (Wildman–Crippen LogP) is 4.19. The van der Waals surface area contributed by atoms with E-state index in [1.165, 1.54) is 11.5 Å². The Balaban J connectivity index is 1.64. The highest BCUT2D eigenvalue weighted by Gasteiger charge is 2.33. The molecule has 1 heterocycles. The van der Waals surface area contributed by atoms with Crippen LogP contribution in [0.2, 0.25) is 5.02 Å². The zero-order valence-corrected chi connectivity index (χ0v) is 17.9. The van der Waals surface area contributed by atoms with Gasteiger partial charge in [0.15, 0.2) is 5.78 Å². The van der Waals surface area contributed by atoms with Gasteiger partial charge >= 0.3 is 0 Å². The zero-order valence-electron chi connectivity index (χ0n) is 16.3. The van der Waals surface area contributed by atoms with Gasteiger partial charge in [0.2, 0.25) is 5.13 Å². The van der Waals surface area contributed by atoms with Crippen LogP contribution < -0.4 is 15.8 Å². The van der Waals surface area contributed by atoms with Crippen LogP contribution in [0.15, 0.2) is 48.5 Å². The lowest BCUT2D eigenvalue weighted by atomic mass is 9.87. The Morgan fingerprint density at radius 1 is 1.21 bits per heavy atom. The van der Waals surface area contributed by atoms with Crippen LogP contribution in [-0.2, 0) is 6.42 Å². The number of carbonyl (C=O) groups is 1. The minimum absolute atomic E-state index is 0.124. The summed E-state index contributed by atoms with van der Waals surface area (Å²) in [6, 6.07) is 14.6. The number of halogens is 1. The first-order chi connectivity index (χ1) is 13.9. The SMILES string of the molecule is CCC(N)(CNc1nc(Cc2ccc(Cl)cc2)ns1)C(=O)c1ccc(OC)cc1. The van der Waals surface area contributed by atoms with Crippen molar-refractivity contribution in [2.75, 3.05) is 19.0 Å². The Kier molecular flexibility index (Phi) is 6.84. The second-order valence-electron chi connectivity index (χ2n) is 6.74. The van der Waals surface area contributed by atoms with Gasteiger partial charge in [-0.2, -0.15) is 4.37 Å². The minimum Gasteiger partial charge on any atom is -0.497 e. The van der Waals surface area contributed by atoms with Crippen molar-refractivity contribution in [1.82, 2.24) is 9.36 Å². The summed E-state index contributed by atoms with van der Waals surface area (Å²) in [5.74, 6) is 1.28. The fourth-order valence-corrected chi connectivity index (χ4v) is 3.52. The number of anilines is 1. The molecule has 2 aromatic carbocycles. The number of carbonyl (C=O) groups excluding carboxylic acids is 1. The molecule has 1 unspecified atom stereocenters. The van der Waals surface area contributed by atoms with Crippen LogP contribution in [0.3, 0.4) is 0 Å². The molecule has 0 fully saturated rings. The van der Waals surface area contributed by atoms with Gasteiger partial charge in [0.1, 0.15) is 11.6 Å². The molecule has 8 heteroatoms. The number of hydrogen-bond donors (Lipinski definition) is 2. The van der Waals surface area contributed by atoms with Gasteiger partial charge in [0.25, 0.3) is 0 Å². The van der Waals surface area contributed by atoms with E-state index in [-0.39, 0.29) is 12.3 Å². The Morgan fingerprint density at radius 2 is 1.90 bits per heavy atom. The number of nitrogens with two attached hydrogens (primary N) is 1. The Labute approximate surface area is 179 Å². The van der Waals surface area contributed by atoms with Crippen molar-refractivity contribution in [2.24, 2.45) is 5.73 Å². The molecule has 3 N–H and O–H groups in total. The van der Waals surface area contributed by atoms with Crippen LogP contribution in [0.1, 0.15) is 35.1 Å². The monoisotopic (exact) mass is 430 g/mol. The quantitative estimate of drug-likeness (QED) is 0.494. The van der Waals surface area contributed by atoms with Gasteiger partial charge in [0.05, 0.1) is 12.6 Å². The first kappa shape index (κ1) is 21.2. The normalized spacial score (nSPS) is 13.0. The topological polar surface area (TPSA) is 90.1 Å². The van der Waals surface area contributed by atoms with Gasteiger partial charge in [-0.25, -0.2) is 4.98 Å². The predicted molar refractivity (Wildman–Crippen MR) is 117 cm³/mol. The number of nitrogens with zero attached hydrogens (tertiary/aromatic N) is 2. The number of methoxy groups -OCH3 is 1. The summed E-state index contributed by atoms with van der Waals surface area (Å²) in [5.41, 5.74) is 7.02. The molecule has 0 aliphatic rings. The maximum atomic E-state index is 12.9. The molecule has 0 bridgehead atoms. The molecule has 0 radical (unpaired) electrons.